The molecular formula is C27H27N3O5. The molecule has 8 nitrogen and oxygen atoms in total. The number of amides is 3. The van der Waals surface area contributed by atoms with Crippen LogP contribution in [0.3, 0.4) is 0 Å². The second-order valence-corrected chi connectivity index (χ2v) is 8.12. The van der Waals surface area contributed by atoms with Gasteiger partial charge in [-0.2, -0.15) is 0 Å². The van der Waals surface area contributed by atoms with Gasteiger partial charge in [0.2, 0.25) is 5.91 Å². The van der Waals surface area contributed by atoms with Crippen LogP contribution in [0.2, 0.25) is 0 Å². The van der Waals surface area contributed by atoms with E-state index in [1.54, 1.807) is 43.3 Å². The number of benzene rings is 3. The molecule has 0 radical (unpaired) electrons. The Bertz CT molecular complexity index is 1230. The number of nitrogens with one attached hydrogen (secondary N) is 2. The lowest BCUT2D eigenvalue weighted by molar-refractivity contribution is -0.127. The predicted octanol–water partition coefficient (Wildman–Crippen LogP) is 4.02. The number of ether oxygens (including phenoxy) is 2. The van der Waals surface area contributed by atoms with Crippen molar-refractivity contribution >= 4 is 34.8 Å². The highest BCUT2D eigenvalue weighted by molar-refractivity contribution is 6.06. The van der Waals surface area contributed by atoms with Gasteiger partial charge in [-0.3, -0.25) is 19.3 Å². The second-order valence-electron chi connectivity index (χ2n) is 8.12. The average molecular weight is 474 g/mol. The summed E-state index contributed by atoms with van der Waals surface area (Å²) in [6, 6.07) is 21.5. The molecular weight excluding hydrogens is 446 g/mol. The molecule has 0 aliphatic carbocycles. The summed E-state index contributed by atoms with van der Waals surface area (Å²) in [6.07, 6.45) is 0.136. The van der Waals surface area contributed by atoms with Gasteiger partial charge in [0.15, 0.2) is 12.7 Å². The standard InChI is InChI=1S/C27H27N3O5/c1-3-19-8-7-11-22(14-19)34-17-26(32)29-21-12-13-24-23(15-21)30(27(33)18(2)35-24)16-25(31)28-20-9-5-4-6-10-20/h4-15,18H,3,16-17H2,1-2H3,(H,28,31)(H,29,32). The number of carbonyl (C=O) groups excluding carboxylic acids is 3. The number of rotatable bonds is 8. The molecule has 1 unspecified atom stereocenters. The van der Waals surface area contributed by atoms with Gasteiger partial charge < -0.3 is 20.1 Å². The van der Waals surface area contributed by atoms with Gasteiger partial charge in [0.25, 0.3) is 11.8 Å². The van der Waals surface area contributed by atoms with Crippen LogP contribution < -0.4 is 25.0 Å². The van der Waals surface area contributed by atoms with Gasteiger partial charge in [-0.05, 0) is 61.4 Å². The monoisotopic (exact) mass is 473 g/mol. The van der Waals surface area contributed by atoms with Crippen LogP contribution in [0.25, 0.3) is 0 Å². The zero-order valence-corrected chi connectivity index (χ0v) is 19.6. The van der Waals surface area contributed by atoms with Crippen molar-refractivity contribution in [2.45, 2.75) is 26.4 Å². The third-order valence-corrected chi connectivity index (χ3v) is 5.49. The van der Waals surface area contributed by atoms with Gasteiger partial charge in [0.1, 0.15) is 18.0 Å². The molecule has 1 aliphatic rings. The summed E-state index contributed by atoms with van der Waals surface area (Å²) in [5, 5.41) is 5.56. The topological polar surface area (TPSA) is 97.0 Å². The molecule has 3 amide bonds. The smallest absolute Gasteiger partial charge is 0.268 e. The summed E-state index contributed by atoms with van der Waals surface area (Å²) in [4.78, 5) is 39.3. The molecule has 8 heteroatoms. The van der Waals surface area contributed by atoms with E-state index in [4.69, 9.17) is 9.47 Å². The Balaban J connectivity index is 1.44. The largest absolute Gasteiger partial charge is 0.484 e. The van der Waals surface area contributed by atoms with Crippen LogP contribution in [0.4, 0.5) is 17.1 Å². The highest BCUT2D eigenvalue weighted by Crippen LogP contribution is 2.36. The lowest BCUT2D eigenvalue weighted by atomic mass is 10.1. The summed E-state index contributed by atoms with van der Waals surface area (Å²) < 4.78 is 11.3. The molecule has 1 atom stereocenters. The van der Waals surface area contributed by atoms with Gasteiger partial charge in [-0.1, -0.05) is 37.3 Å². The normalized spacial score (nSPS) is 14.5. The van der Waals surface area contributed by atoms with E-state index in [9.17, 15) is 14.4 Å². The Morgan fingerprint density at radius 3 is 2.49 bits per heavy atom. The first-order valence-corrected chi connectivity index (χ1v) is 11.4. The summed E-state index contributed by atoms with van der Waals surface area (Å²) >= 11 is 0. The van der Waals surface area contributed by atoms with E-state index >= 15 is 0 Å². The lowest BCUT2D eigenvalue weighted by Crippen LogP contribution is -2.47. The fourth-order valence-electron chi connectivity index (χ4n) is 3.71. The van der Waals surface area contributed by atoms with Crippen LogP contribution in [0, 0.1) is 0 Å². The van der Waals surface area contributed by atoms with Gasteiger partial charge in [-0.15, -0.1) is 0 Å². The molecule has 180 valence electrons. The number of nitrogens with zero attached hydrogens (tertiary/aromatic N) is 1. The van der Waals surface area contributed by atoms with Crippen LogP contribution in [0.15, 0.2) is 72.8 Å². The number of hydrogen-bond donors (Lipinski definition) is 2. The number of hydrogen-bond acceptors (Lipinski definition) is 5. The van der Waals surface area contributed by atoms with Crippen molar-refractivity contribution in [2.24, 2.45) is 0 Å². The van der Waals surface area contributed by atoms with Crippen molar-refractivity contribution in [1.29, 1.82) is 0 Å². The zero-order chi connectivity index (χ0) is 24.8. The molecule has 0 saturated carbocycles. The fraction of sp³-hybridized carbons (Fsp3) is 0.222. The molecule has 3 aromatic rings. The number of carbonyl (C=O) groups is 3. The molecule has 0 saturated heterocycles. The van der Waals surface area contributed by atoms with Crippen LogP contribution in [0.5, 0.6) is 11.5 Å². The van der Waals surface area contributed by atoms with Gasteiger partial charge >= 0.3 is 0 Å². The number of anilines is 3. The van der Waals surface area contributed by atoms with E-state index in [2.05, 4.69) is 10.6 Å². The third-order valence-electron chi connectivity index (χ3n) is 5.49. The fourth-order valence-corrected chi connectivity index (χ4v) is 3.71. The van der Waals surface area contributed by atoms with Crippen molar-refractivity contribution in [3.8, 4) is 11.5 Å². The number of para-hydroxylation sites is 1. The predicted molar refractivity (Wildman–Crippen MR) is 134 cm³/mol. The third kappa shape index (κ3) is 5.97. The maximum atomic E-state index is 12.8. The quantitative estimate of drug-likeness (QED) is 0.515. The maximum absolute atomic E-state index is 12.8. The van der Waals surface area contributed by atoms with Crippen LogP contribution >= 0.6 is 0 Å². The Hall–Kier alpha value is -4.33. The van der Waals surface area contributed by atoms with Crippen molar-refractivity contribution in [1.82, 2.24) is 0 Å². The highest BCUT2D eigenvalue weighted by atomic mass is 16.5. The summed E-state index contributed by atoms with van der Waals surface area (Å²) in [5.74, 6) is 0.0329. The van der Waals surface area contributed by atoms with E-state index in [-0.39, 0.29) is 30.9 Å². The molecule has 0 bridgehead atoms. The lowest BCUT2D eigenvalue weighted by Gasteiger charge is -2.33. The first kappa shape index (κ1) is 23.8. The van der Waals surface area contributed by atoms with Gasteiger partial charge in [-0.25, -0.2) is 0 Å². The molecule has 4 rings (SSSR count). The van der Waals surface area contributed by atoms with Crippen molar-refractivity contribution in [3.05, 3.63) is 78.4 Å². The van der Waals surface area contributed by atoms with Crippen LogP contribution in [-0.4, -0.2) is 37.0 Å². The Morgan fingerprint density at radius 1 is 0.943 bits per heavy atom. The Morgan fingerprint density at radius 2 is 1.71 bits per heavy atom. The summed E-state index contributed by atoms with van der Waals surface area (Å²) in [5.41, 5.74) is 2.62. The maximum Gasteiger partial charge on any atom is 0.268 e. The summed E-state index contributed by atoms with van der Waals surface area (Å²) in [7, 11) is 0. The van der Waals surface area contributed by atoms with Gasteiger partial charge in [0.05, 0.1) is 5.69 Å². The van der Waals surface area contributed by atoms with Crippen molar-refractivity contribution in [2.75, 3.05) is 28.7 Å². The minimum atomic E-state index is -0.736. The molecule has 3 aromatic carbocycles. The molecule has 0 aromatic heterocycles. The van der Waals surface area contributed by atoms with E-state index in [1.807, 2.05) is 43.3 Å². The van der Waals surface area contributed by atoms with E-state index in [0.717, 1.165) is 12.0 Å². The second kappa shape index (κ2) is 10.7. The SMILES string of the molecule is CCc1cccc(OCC(=O)Nc2ccc3c(c2)N(CC(=O)Nc2ccccc2)C(=O)C(C)O3)c1. The van der Waals surface area contributed by atoms with Gasteiger partial charge in [0, 0.05) is 11.4 Å². The molecule has 1 heterocycles. The van der Waals surface area contributed by atoms with E-state index in [1.165, 1.54) is 4.90 Å². The minimum absolute atomic E-state index is 0.167. The van der Waals surface area contributed by atoms with Crippen molar-refractivity contribution < 1.29 is 23.9 Å². The number of fused-ring (bicyclic) bond motifs is 1. The zero-order valence-electron chi connectivity index (χ0n) is 19.6. The Kier molecular flexibility index (Phi) is 7.30. The molecule has 1 aliphatic heterocycles. The molecule has 2 N–H and O–H groups in total. The molecule has 0 fully saturated rings. The highest BCUT2D eigenvalue weighted by Gasteiger charge is 2.33. The minimum Gasteiger partial charge on any atom is -0.484 e. The first-order chi connectivity index (χ1) is 16.9. The average Bonchev–Trinajstić information content (AvgIpc) is 2.86. The molecule has 35 heavy (non-hydrogen) atoms. The van der Waals surface area contributed by atoms with Crippen molar-refractivity contribution in [3.63, 3.8) is 0 Å². The summed E-state index contributed by atoms with van der Waals surface area (Å²) in [6.45, 7) is 3.32. The van der Waals surface area contributed by atoms with E-state index in [0.29, 0.717) is 28.6 Å². The molecule has 0 spiro atoms. The van der Waals surface area contributed by atoms with Crippen LogP contribution in [-0.2, 0) is 20.8 Å². The number of aryl methyl sites for hydroxylation is 1. The van der Waals surface area contributed by atoms with E-state index < -0.39 is 6.10 Å². The van der Waals surface area contributed by atoms with Crippen LogP contribution in [0.1, 0.15) is 19.4 Å². The first-order valence-electron chi connectivity index (χ1n) is 11.4. The Labute approximate surface area is 203 Å².